The van der Waals surface area contributed by atoms with Gasteiger partial charge in [0.1, 0.15) is 5.69 Å². The third-order valence-corrected chi connectivity index (χ3v) is 1.88. The first-order valence-electron chi connectivity index (χ1n) is 5.49. The van der Waals surface area contributed by atoms with Crippen molar-refractivity contribution in [1.29, 1.82) is 0 Å². The molecule has 2 N–H and O–H groups in total. The van der Waals surface area contributed by atoms with Gasteiger partial charge in [0, 0.05) is 12.5 Å². The van der Waals surface area contributed by atoms with Crippen molar-refractivity contribution in [2.24, 2.45) is 5.92 Å². The van der Waals surface area contributed by atoms with E-state index in [0.717, 1.165) is 0 Å². The molecular weight excluding hydrogens is 226 g/mol. The van der Waals surface area contributed by atoms with Crippen LogP contribution in [0, 0.1) is 23.0 Å². The lowest BCUT2D eigenvalue weighted by molar-refractivity contribution is -0.386. The lowest BCUT2D eigenvalue weighted by atomic mass is 10.2. The first kappa shape index (κ1) is 15.4. The van der Waals surface area contributed by atoms with E-state index in [9.17, 15) is 10.1 Å². The number of aromatic nitrogens is 2. The Morgan fingerprint density at radius 2 is 2.18 bits per heavy atom. The van der Waals surface area contributed by atoms with Crippen LogP contribution in [0.4, 0.5) is 5.69 Å². The Kier molecular flexibility index (Phi) is 6.88. The van der Waals surface area contributed by atoms with E-state index in [2.05, 4.69) is 10.2 Å². The van der Waals surface area contributed by atoms with Gasteiger partial charge in [0.15, 0.2) is 0 Å². The van der Waals surface area contributed by atoms with E-state index in [1.165, 1.54) is 0 Å². The summed E-state index contributed by atoms with van der Waals surface area (Å²) in [5.41, 5.74) is 0.201. The average molecular weight is 245 g/mol. The van der Waals surface area contributed by atoms with Crippen molar-refractivity contribution in [3.63, 3.8) is 0 Å². The summed E-state index contributed by atoms with van der Waals surface area (Å²) in [6.45, 7) is 7.48. The Hall–Kier alpha value is -1.63. The molecule has 1 unspecified atom stereocenters. The Morgan fingerprint density at radius 3 is 2.65 bits per heavy atom. The van der Waals surface area contributed by atoms with Gasteiger partial charge in [0.25, 0.3) is 0 Å². The van der Waals surface area contributed by atoms with Crippen LogP contribution in [0.2, 0.25) is 0 Å². The maximum atomic E-state index is 10.6. The number of hydrogen-bond donors (Lipinski definition) is 2. The number of ether oxygens (including phenoxy) is 1. The fourth-order valence-corrected chi connectivity index (χ4v) is 0.990. The molecule has 0 aliphatic carbocycles. The van der Waals surface area contributed by atoms with Crippen LogP contribution < -0.4 is 4.74 Å². The van der Waals surface area contributed by atoms with Gasteiger partial charge in [0.05, 0.1) is 11.5 Å². The van der Waals surface area contributed by atoms with E-state index in [4.69, 9.17) is 9.84 Å². The minimum atomic E-state index is -0.544. The Labute approximate surface area is 99.9 Å². The molecule has 1 aromatic rings. The SMILES string of the molecule is CC.Cc1[nH]nc(OCC(C)CO)c1[N+](=O)[O-]. The summed E-state index contributed by atoms with van der Waals surface area (Å²) in [6, 6.07) is 0. The van der Waals surface area contributed by atoms with E-state index in [-0.39, 0.29) is 30.7 Å². The Morgan fingerprint density at radius 1 is 1.59 bits per heavy atom. The van der Waals surface area contributed by atoms with Gasteiger partial charge in [-0.3, -0.25) is 15.2 Å². The number of H-pyrrole nitrogens is 1. The molecule has 1 atom stereocenters. The fraction of sp³-hybridized carbons (Fsp3) is 0.700. The maximum Gasteiger partial charge on any atom is 0.352 e. The van der Waals surface area contributed by atoms with Gasteiger partial charge in [-0.1, -0.05) is 20.8 Å². The molecule has 1 rings (SSSR count). The minimum Gasteiger partial charge on any atom is -0.471 e. The second kappa shape index (κ2) is 7.61. The molecule has 0 bridgehead atoms. The Bertz CT molecular complexity index is 351. The molecule has 98 valence electrons. The number of rotatable bonds is 5. The summed E-state index contributed by atoms with van der Waals surface area (Å²) < 4.78 is 5.13. The zero-order valence-corrected chi connectivity index (χ0v) is 10.6. The van der Waals surface area contributed by atoms with Crippen LogP contribution in [0.25, 0.3) is 0 Å². The molecular formula is C10H19N3O4. The zero-order valence-electron chi connectivity index (χ0n) is 10.6. The summed E-state index contributed by atoms with van der Waals surface area (Å²) in [6.07, 6.45) is 0. The molecule has 0 saturated carbocycles. The van der Waals surface area contributed by atoms with Gasteiger partial charge in [-0.2, -0.15) is 0 Å². The molecule has 0 aromatic carbocycles. The van der Waals surface area contributed by atoms with Crippen LogP contribution in [0.3, 0.4) is 0 Å². The highest BCUT2D eigenvalue weighted by atomic mass is 16.6. The number of nitro groups is 1. The third kappa shape index (κ3) is 4.39. The van der Waals surface area contributed by atoms with Gasteiger partial charge in [-0.05, 0) is 6.92 Å². The first-order valence-corrected chi connectivity index (χ1v) is 5.49. The second-order valence-corrected chi connectivity index (χ2v) is 3.36. The molecule has 1 aromatic heterocycles. The van der Waals surface area contributed by atoms with Crippen LogP contribution in [-0.2, 0) is 0 Å². The number of hydrogen-bond acceptors (Lipinski definition) is 5. The summed E-state index contributed by atoms with van der Waals surface area (Å²) in [5.74, 6) is -0.112. The number of aliphatic hydroxyl groups excluding tert-OH is 1. The van der Waals surface area contributed by atoms with Gasteiger partial charge in [-0.25, -0.2) is 0 Å². The molecule has 0 radical (unpaired) electrons. The topological polar surface area (TPSA) is 101 Å². The van der Waals surface area contributed by atoms with Crippen LogP contribution in [0.5, 0.6) is 5.88 Å². The predicted octanol–water partition coefficient (Wildman–Crippen LogP) is 1.66. The lowest BCUT2D eigenvalue weighted by Crippen LogP contribution is -2.12. The highest BCUT2D eigenvalue weighted by molar-refractivity contribution is 5.44. The van der Waals surface area contributed by atoms with Crippen molar-refractivity contribution in [2.45, 2.75) is 27.7 Å². The lowest BCUT2D eigenvalue weighted by Gasteiger charge is -2.07. The number of nitrogens with zero attached hydrogens (tertiary/aromatic N) is 2. The fourth-order valence-electron chi connectivity index (χ4n) is 0.990. The third-order valence-electron chi connectivity index (χ3n) is 1.88. The van der Waals surface area contributed by atoms with Gasteiger partial charge >= 0.3 is 11.6 Å². The van der Waals surface area contributed by atoms with E-state index in [0.29, 0.717) is 5.69 Å². The van der Waals surface area contributed by atoms with Gasteiger partial charge in [-0.15, -0.1) is 5.10 Å². The average Bonchev–Trinajstić information content (AvgIpc) is 2.70. The molecule has 7 nitrogen and oxygen atoms in total. The van der Waals surface area contributed by atoms with Crippen LogP contribution in [0.15, 0.2) is 0 Å². The van der Waals surface area contributed by atoms with Crippen molar-refractivity contribution in [2.75, 3.05) is 13.2 Å². The predicted molar refractivity (Wildman–Crippen MR) is 63.1 cm³/mol. The van der Waals surface area contributed by atoms with Crippen LogP contribution in [0.1, 0.15) is 26.5 Å². The van der Waals surface area contributed by atoms with Crippen LogP contribution >= 0.6 is 0 Å². The minimum absolute atomic E-state index is 0.0298. The molecule has 0 amide bonds. The molecule has 17 heavy (non-hydrogen) atoms. The number of aliphatic hydroxyl groups is 1. The van der Waals surface area contributed by atoms with E-state index >= 15 is 0 Å². The van der Waals surface area contributed by atoms with E-state index in [1.54, 1.807) is 13.8 Å². The molecule has 0 aliphatic rings. The number of aryl methyl sites for hydroxylation is 1. The summed E-state index contributed by atoms with van der Waals surface area (Å²) >= 11 is 0. The van der Waals surface area contributed by atoms with Crippen molar-refractivity contribution >= 4 is 5.69 Å². The van der Waals surface area contributed by atoms with Crippen molar-refractivity contribution in [3.05, 3.63) is 15.8 Å². The molecule has 0 spiro atoms. The number of nitrogens with one attached hydrogen (secondary N) is 1. The molecule has 1 heterocycles. The summed E-state index contributed by atoms with van der Waals surface area (Å²) in [4.78, 5) is 10.1. The largest absolute Gasteiger partial charge is 0.471 e. The van der Waals surface area contributed by atoms with Crippen molar-refractivity contribution in [3.8, 4) is 5.88 Å². The maximum absolute atomic E-state index is 10.6. The standard InChI is InChI=1S/C8H13N3O4.C2H6/c1-5(3-12)4-15-8-7(11(13)14)6(2)9-10-8;1-2/h5,12H,3-4H2,1-2H3,(H,9,10);1-2H3. The number of aromatic amines is 1. The van der Waals surface area contributed by atoms with Gasteiger partial charge in [0.2, 0.25) is 0 Å². The highest BCUT2D eigenvalue weighted by Gasteiger charge is 2.23. The summed E-state index contributed by atoms with van der Waals surface area (Å²) in [7, 11) is 0. The highest BCUT2D eigenvalue weighted by Crippen LogP contribution is 2.27. The second-order valence-electron chi connectivity index (χ2n) is 3.36. The summed E-state index contributed by atoms with van der Waals surface area (Å²) in [5, 5.41) is 25.5. The normalized spacial score (nSPS) is 11.4. The van der Waals surface area contributed by atoms with Crippen LogP contribution in [-0.4, -0.2) is 33.4 Å². The molecule has 0 saturated heterocycles. The van der Waals surface area contributed by atoms with Crippen molar-refractivity contribution < 1.29 is 14.8 Å². The van der Waals surface area contributed by atoms with E-state index in [1.807, 2.05) is 13.8 Å². The van der Waals surface area contributed by atoms with Crippen molar-refractivity contribution in [1.82, 2.24) is 10.2 Å². The monoisotopic (exact) mass is 245 g/mol. The zero-order chi connectivity index (χ0) is 13.4. The molecule has 7 heteroatoms. The molecule has 0 fully saturated rings. The smallest absolute Gasteiger partial charge is 0.352 e. The first-order chi connectivity index (χ1) is 8.06. The Balaban J connectivity index is 0.00000121. The van der Waals surface area contributed by atoms with Gasteiger partial charge < -0.3 is 9.84 Å². The molecule has 0 aliphatic heterocycles. The quantitative estimate of drug-likeness (QED) is 0.606. The van der Waals surface area contributed by atoms with E-state index < -0.39 is 4.92 Å².